The number of rotatable bonds is 4. The van der Waals surface area contributed by atoms with Gasteiger partial charge in [0, 0.05) is 14.2 Å². The molecule has 18 heavy (non-hydrogen) atoms. The summed E-state index contributed by atoms with van der Waals surface area (Å²) in [5.74, 6) is -1.34. The second-order valence-electron chi connectivity index (χ2n) is 3.32. The van der Waals surface area contributed by atoms with Gasteiger partial charge in [-0.15, -0.1) is 0 Å². The Morgan fingerprint density at radius 1 is 1.50 bits per heavy atom. The Hall–Kier alpha value is -1.62. The molecule has 0 bridgehead atoms. The molecule has 1 unspecified atom stereocenters. The molecule has 0 saturated heterocycles. The number of aliphatic imine (C=N–C) groups is 1. The maximum absolute atomic E-state index is 11.6. The van der Waals surface area contributed by atoms with Crippen LogP contribution in [0, 0.1) is 17.2 Å². The molecule has 0 aromatic rings. The average molecular weight is 268 g/mol. The molecule has 1 rings (SSSR count). The van der Waals surface area contributed by atoms with E-state index >= 15 is 0 Å². The number of methoxy groups -OCH3 is 3. The van der Waals surface area contributed by atoms with Gasteiger partial charge in [0.15, 0.2) is 0 Å². The van der Waals surface area contributed by atoms with Crippen molar-refractivity contribution in [2.75, 3.05) is 21.3 Å². The highest BCUT2D eigenvalue weighted by Gasteiger charge is 2.31. The van der Waals surface area contributed by atoms with Crippen molar-refractivity contribution in [3.63, 3.8) is 0 Å². The van der Waals surface area contributed by atoms with Gasteiger partial charge in [0.05, 0.1) is 18.8 Å². The van der Waals surface area contributed by atoms with Gasteiger partial charge in [0.2, 0.25) is 6.29 Å². The van der Waals surface area contributed by atoms with Crippen molar-refractivity contribution in [2.24, 2.45) is 10.9 Å². The van der Waals surface area contributed by atoms with Crippen molar-refractivity contribution < 1.29 is 19.0 Å². The van der Waals surface area contributed by atoms with Crippen molar-refractivity contribution in [2.45, 2.75) is 6.29 Å². The third-order valence-electron chi connectivity index (χ3n) is 2.30. The minimum atomic E-state index is -0.840. The number of ether oxygens (including phenoxy) is 3. The van der Waals surface area contributed by atoms with Crippen LogP contribution in [0.2, 0.25) is 0 Å². The van der Waals surface area contributed by atoms with Gasteiger partial charge in [0.25, 0.3) is 0 Å². The zero-order valence-electron chi connectivity index (χ0n) is 10.2. The zero-order chi connectivity index (χ0) is 13.7. The topological polar surface area (TPSA) is 80.9 Å². The number of nitrogens with zero attached hydrogens (tertiary/aromatic N) is 2. The number of nitriles is 1. The molecule has 1 aliphatic heterocycles. The third-order valence-corrected chi connectivity index (χ3v) is 2.65. The van der Waals surface area contributed by atoms with Crippen LogP contribution in [0.5, 0.6) is 0 Å². The van der Waals surface area contributed by atoms with E-state index in [4.69, 9.17) is 27.0 Å². The average Bonchev–Trinajstić information content (AvgIpc) is 2.39. The molecule has 96 valence electrons. The summed E-state index contributed by atoms with van der Waals surface area (Å²) in [6.45, 7) is 0. The van der Waals surface area contributed by atoms with Crippen LogP contribution in [-0.4, -0.2) is 44.3 Å². The minimum absolute atomic E-state index is 0.131. The van der Waals surface area contributed by atoms with E-state index in [1.54, 1.807) is 0 Å². The molecule has 0 aromatic heterocycles. The first kappa shape index (κ1) is 14.4. The van der Waals surface area contributed by atoms with Gasteiger partial charge < -0.3 is 14.2 Å². The molecule has 0 saturated carbocycles. The van der Waals surface area contributed by atoms with E-state index in [1.165, 1.54) is 27.4 Å². The predicted octanol–water partition coefficient (Wildman–Crippen LogP) is 0.626. The first-order valence-electron chi connectivity index (χ1n) is 4.97. The Morgan fingerprint density at radius 2 is 2.11 bits per heavy atom. The normalized spacial score (nSPS) is 19.1. The lowest BCUT2D eigenvalue weighted by molar-refractivity contribution is -0.135. The summed E-state index contributed by atoms with van der Waals surface area (Å²) >= 11 is 4.98. The van der Waals surface area contributed by atoms with E-state index < -0.39 is 18.2 Å². The van der Waals surface area contributed by atoms with Crippen LogP contribution in [0.4, 0.5) is 0 Å². The Labute approximate surface area is 110 Å². The number of hydrogen-bond acceptors (Lipinski definition) is 6. The summed E-state index contributed by atoms with van der Waals surface area (Å²) in [6, 6.07) is 1.94. The molecule has 7 heteroatoms. The molecule has 0 spiro atoms. The lowest BCUT2D eigenvalue weighted by Gasteiger charge is -2.21. The number of carbonyl (C=O) groups excluding carboxylic acids is 1. The van der Waals surface area contributed by atoms with Crippen molar-refractivity contribution in [3.05, 3.63) is 11.6 Å². The van der Waals surface area contributed by atoms with Crippen LogP contribution in [0.25, 0.3) is 0 Å². The highest BCUT2D eigenvalue weighted by atomic mass is 32.1. The maximum Gasteiger partial charge on any atom is 0.339 e. The smallest absolute Gasteiger partial charge is 0.339 e. The molecule has 0 fully saturated rings. The molecule has 0 aliphatic carbocycles. The number of esters is 1. The molecule has 0 amide bonds. The van der Waals surface area contributed by atoms with Crippen LogP contribution in [0.3, 0.4) is 0 Å². The van der Waals surface area contributed by atoms with Gasteiger partial charge in [-0.25, -0.2) is 9.79 Å². The quantitative estimate of drug-likeness (QED) is 0.422. The second kappa shape index (κ2) is 6.35. The van der Waals surface area contributed by atoms with Gasteiger partial charge in [-0.3, -0.25) is 0 Å². The highest BCUT2D eigenvalue weighted by Crippen LogP contribution is 2.19. The fraction of sp³-hybridized carbons (Fsp3) is 0.455. The van der Waals surface area contributed by atoms with E-state index in [0.29, 0.717) is 0 Å². The van der Waals surface area contributed by atoms with Crippen molar-refractivity contribution in [1.29, 1.82) is 5.26 Å². The first-order valence-corrected chi connectivity index (χ1v) is 5.38. The Kier molecular flexibility index (Phi) is 5.09. The molecular weight excluding hydrogens is 256 g/mol. The molecule has 0 aromatic carbocycles. The monoisotopic (exact) mass is 268 g/mol. The summed E-state index contributed by atoms with van der Waals surface area (Å²) in [6.07, 6.45) is 0.564. The van der Waals surface area contributed by atoms with E-state index in [2.05, 4.69) is 9.73 Å². The van der Waals surface area contributed by atoms with Gasteiger partial charge >= 0.3 is 5.97 Å². The Bertz CT molecular complexity index is 460. The van der Waals surface area contributed by atoms with Crippen molar-refractivity contribution >= 4 is 28.9 Å². The third kappa shape index (κ3) is 2.79. The SMILES string of the molecule is COC(=O)C1=CC(C#N)C(=S)N=C1C(OC)OC. The lowest BCUT2D eigenvalue weighted by atomic mass is 9.99. The van der Waals surface area contributed by atoms with Crippen LogP contribution in [0.15, 0.2) is 16.6 Å². The van der Waals surface area contributed by atoms with Crippen LogP contribution in [0.1, 0.15) is 0 Å². The second-order valence-corrected chi connectivity index (χ2v) is 3.74. The van der Waals surface area contributed by atoms with E-state index in [9.17, 15) is 4.79 Å². The Morgan fingerprint density at radius 3 is 2.56 bits per heavy atom. The standard InChI is InChI=1S/C11H12N2O4S/c1-15-10(14)7-4-6(5-12)9(18)13-8(7)11(16-2)17-3/h4,6,11H,1-3H3. The largest absolute Gasteiger partial charge is 0.465 e. The van der Waals surface area contributed by atoms with E-state index in [1.807, 2.05) is 6.07 Å². The van der Waals surface area contributed by atoms with Crippen molar-refractivity contribution in [3.8, 4) is 6.07 Å². The predicted molar refractivity (Wildman–Crippen MR) is 67.0 cm³/mol. The molecule has 1 aliphatic rings. The van der Waals surface area contributed by atoms with Crippen LogP contribution < -0.4 is 0 Å². The fourth-order valence-electron chi connectivity index (χ4n) is 1.45. The van der Waals surface area contributed by atoms with E-state index in [-0.39, 0.29) is 16.3 Å². The first-order chi connectivity index (χ1) is 8.58. The van der Waals surface area contributed by atoms with Crippen LogP contribution >= 0.6 is 12.2 Å². The summed E-state index contributed by atoms with van der Waals surface area (Å²) in [5.41, 5.74) is 0.342. The zero-order valence-corrected chi connectivity index (χ0v) is 11.0. The van der Waals surface area contributed by atoms with E-state index in [0.717, 1.165) is 0 Å². The minimum Gasteiger partial charge on any atom is -0.465 e. The number of dihydropyridines is 1. The van der Waals surface area contributed by atoms with Crippen LogP contribution in [-0.2, 0) is 19.0 Å². The lowest BCUT2D eigenvalue weighted by Crippen LogP contribution is -2.34. The Balaban J connectivity index is 3.21. The molecule has 0 radical (unpaired) electrons. The summed E-state index contributed by atoms with van der Waals surface area (Å²) in [4.78, 5) is 15.8. The fourth-order valence-corrected chi connectivity index (χ4v) is 1.67. The summed E-state index contributed by atoms with van der Waals surface area (Å²) in [5, 5.41) is 8.91. The van der Waals surface area contributed by atoms with Gasteiger partial charge in [-0.05, 0) is 6.08 Å². The van der Waals surface area contributed by atoms with Gasteiger partial charge in [-0.1, -0.05) is 12.2 Å². The number of carbonyl (C=O) groups is 1. The summed E-state index contributed by atoms with van der Waals surface area (Å²) in [7, 11) is 4.06. The van der Waals surface area contributed by atoms with Gasteiger partial charge in [0.1, 0.15) is 16.6 Å². The summed E-state index contributed by atoms with van der Waals surface area (Å²) < 4.78 is 14.7. The molecule has 1 atom stereocenters. The molecular formula is C11H12N2O4S. The number of hydrogen-bond donors (Lipinski definition) is 0. The maximum atomic E-state index is 11.6. The molecule has 6 nitrogen and oxygen atoms in total. The van der Waals surface area contributed by atoms with Gasteiger partial charge in [-0.2, -0.15) is 5.26 Å². The molecule has 0 N–H and O–H groups in total. The highest BCUT2D eigenvalue weighted by molar-refractivity contribution is 7.80. The molecule has 1 heterocycles. The van der Waals surface area contributed by atoms with Crippen molar-refractivity contribution in [1.82, 2.24) is 0 Å². The number of thiocarbonyl (C=S) groups is 1.